The van der Waals surface area contributed by atoms with E-state index in [1.54, 1.807) is 24.1 Å². The van der Waals surface area contributed by atoms with E-state index >= 15 is 0 Å². The number of benzene rings is 1. The molecule has 0 bridgehead atoms. The molecule has 0 aliphatic carbocycles. The molecule has 0 radical (unpaired) electrons. The van der Waals surface area contributed by atoms with Gasteiger partial charge in [0.1, 0.15) is 0 Å². The minimum absolute atomic E-state index is 0. The summed E-state index contributed by atoms with van der Waals surface area (Å²) in [5, 5.41) is 13.0. The number of phenolic OH excluding ortho intramolecular Hbond substituents is 1. The maximum Gasteiger partial charge on any atom is 0.227 e. The monoisotopic (exact) mass is 314 g/mol. The number of piperidine rings is 1. The summed E-state index contributed by atoms with van der Waals surface area (Å²) in [6.45, 7) is 2.25. The second kappa shape index (κ2) is 8.10. The van der Waals surface area contributed by atoms with Crippen LogP contribution < -0.4 is 10.1 Å². The molecule has 1 aliphatic rings. The van der Waals surface area contributed by atoms with E-state index < -0.39 is 0 Å². The van der Waals surface area contributed by atoms with Crippen LogP contribution in [-0.4, -0.2) is 43.2 Å². The lowest BCUT2D eigenvalue weighted by Gasteiger charge is -2.27. The van der Waals surface area contributed by atoms with Gasteiger partial charge in [-0.25, -0.2) is 0 Å². The van der Waals surface area contributed by atoms with Gasteiger partial charge < -0.3 is 20.1 Å². The number of rotatable bonds is 4. The van der Waals surface area contributed by atoms with Crippen LogP contribution >= 0.6 is 12.4 Å². The van der Waals surface area contributed by atoms with Gasteiger partial charge in [0.15, 0.2) is 11.5 Å². The summed E-state index contributed by atoms with van der Waals surface area (Å²) in [7, 11) is 3.32. The normalized spacial score (nSPS) is 17.7. The highest BCUT2D eigenvalue weighted by Crippen LogP contribution is 2.26. The van der Waals surface area contributed by atoms with Crippen LogP contribution in [0.4, 0.5) is 0 Å². The van der Waals surface area contributed by atoms with Crippen molar-refractivity contribution >= 4 is 18.3 Å². The Kier molecular flexibility index (Phi) is 6.78. The van der Waals surface area contributed by atoms with Gasteiger partial charge in [-0.15, -0.1) is 12.4 Å². The second-order valence-electron chi connectivity index (χ2n) is 5.24. The minimum atomic E-state index is 0. The zero-order valence-corrected chi connectivity index (χ0v) is 13.3. The Hall–Kier alpha value is -1.46. The summed E-state index contributed by atoms with van der Waals surface area (Å²) < 4.78 is 5.01. The molecule has 1 saturated heterocycles. The van der Waals surface area contributed by atoms with Crippen LogP contribution in [0.5, 0.6) is 11.5 Å². The van der Waals surface area contributed by atoms with Gasteiger partial charge in [0.2, 0.25) is 5.91 Å². The molecule has 2 rings (SSSR count). The van der Waals surface area contributed by atoms with Crippen LogP contribution in [0.2, 0.25) is 0 Å². The maximum absolute atomic E-state index is 12.3. The predicted octanol–water partition coefficient (Wildman–Crippen LogP) is 1.78. The van der Waals surface area contributed by atoms with E-state index in [1.807, 2.05) is 6.07 Å². The average molecular weight is 315 g/mol. The topological polar surface area (TPSA) is 61.8 Å². The SMILES string of the molecule is COc1ccc(CN(C)C(=O)C2CCCNC2)cc1O.Cl. The Bertz CT molecular complexity index is 476. The number of hydrogen-bond acceptors (Lipinski definition) is 4. The fraction of sp³-hybridized carbons (Fsp3) is 0.533. The number of hydrogen-bond donors (Lipinski definition) is 2. The van der Waals surface area contributed by atoms with Crippen LogP contribution in [0.1, 0.15) is 18.4 Å². The predicted molar refractivity (Wildman–Crippen MR) is 84.0 cm³/mol. The molecule has 21 heavy (non-hydrogen) atoms. The molecule has 0 aromatic heterocycles. The molecule has 1 fully saturated rings. The number of nitrogens with zero attached hydrogens (tertiary/aromatic N) is 1. The molecule has 2 N–H and O–H groups in total. The molecule has 118 valence electrons. The van der Waals surface area contributed by atoms with Crippen LogP contribution in [0, 0.1) is 5.92 Å². The van der Waals surface area contributed by atoms with Crippen LogP contribution in [0.25, 0.3) is 0 Å². The lowest BCUT2D eigenvalue weighted by Crippen LogP contribution is -2.41. The molecular formula is C15H23ClN2O3. The van der Waals surface area contributed by atoms with Gasteiger partial charge in [0, 0.05) is 20.1 Å². The van der Waals surface area contributed by atoms with Crippen molar-refractivity contribution in [3.8, 4) is 11.5 Å². The number of amides is 1. The van der Waals surface area contributed by atoms with E-state index in [0.717, 1.165) is 31.5 Å². The molecule has 0 saturated carbocycles. The van der Waals surface area contributed by atoms with Crippen molar-refractivity contribution in [3.63, 3.8) is 0 Å². The first-order chi connectivity index (χ1) is 9.61. The highest BCUT2D eigenvalue weighted by atomic mass is 35.5. The molecule has 1 aromatic rings. The number of methoxy groups -OCH3 is 1. The third-order valence-corrected chi connectivity index (χ3v) is 3.69. The molecule has 6 heteroatoms. The van der Waals surface area contributed by atoms with Gasteiger partial charge in [-0.05, 0) is 37.1 Å². The van der Waals surface area contributed by atoms with Gasteiger partial charge in [0.05, 0.1) is 13.0 Å². The molecule has 1 heterocycles. The number of phenols is 1. The summed E-state index contributed by atoms with van der Waals surface area (Å²) in [5.41, 5.74) is 0.892. The Morgan fingerprint density at radius 2 is 2.29 bits per heavy atom. The molecule has 1 unspecified atom stereocenters. The smallest absolute Gasteiger partial charge is 0.227 e. The second-order valence-corrected chi connectivity index (χ2v) is 5.24. The molecule has 0 spiro atoms. The zero-order valence-electron chi connectivity index (χ0n) is 12.5. The molecular weight excluding hydrogens is 292 g/mol. The standard InChI is InChI=1S/C15H22N2O3.ClH/c1-17(15(19)12-4-3-7-16-9-12)10-11-5-6-14(20-2)13(18)8-11;/h5-6,8,12,16,18H,3-4,7,9-10H2,1-2H3;1H. The van der Waals surface area contributed by atoms with Gasteiger partial charge in [-0.2, -0.15) is 0 Å². The lowest BCUT2D eigenvalue weighted by atomic mass is 9.98. The van der Waals surface area contributed by atoms with E-state index in [-0.39, 0.29) is 30.0 Å². The first kappa shape index (κ1) is 17.6. The highest BCUT2D eigenvalue weighted by Gasteiger charge is 2.23. The van der Waals surface area contributed by atoms with Crippen molar-refractivity contribution in [1.82, 2.24) is 10.2 Å². The van der Waals surface area contributed by atoms with Crippen molar-refractivity contribution in [2.24, 2.45) is 5.92 Å². The lowest BCUT2D eigenvalue weighted by molar-refractivity contribution is -0.135. The number of carbonyl (C=O) groups is 1. The van der Waals surface area contributed by atoms with Gasteiger partial charge in [0.25, 0.3) is 0 Å². The molecule has 1 aromatic carbocycles. The summed E-state index contributed by atoms with van der Waals surface area (Å²) in [6, 6.07) is 5.22. The summed E-state index contributed by atoms with van der Waals surface area (Å²) in [6.07, 6.45) is 2.00. The zero-order chi connectivity index (χ0) is 14.5. The summed E-state index contributed by atoms with van der Waals surface area (Å²) in [5.74, 6) is 0.775. The Labute approximate surface area is 131 Å². The van der Waals surface area contributed by atoms with Crippen molar-refractivity contribution in [2.45, 2.75) is 19.4 Å². The van der Waals surface area contributed by atoms with E-state index in [2.05, 4.69) is 5.32 Å². The van der Waals surface area contributed by atoms with Crippen molar-refractivity contribution in [1.29, 1.82) is 0 Å². The molecule has 5 nitrogen and oxygen atoms in total. The third-order valence-electron chi connectivity index (χ3n) is 3.69. The molecule has 1 atom stereocenters. The van der Waals surface area contributed by atoms with E-state index in [4.69, 9.17) is 4.74 Å². The minimum Gasteiger partial charge on any atom is -0.504 e. The highest BCUT2D eigenvalue weighted by molar-refractivity contribution is 5.85. The first-order valence-corrected chi connectivity index (χ1v) is 6.93. The number of ether oxygens (including phenoxy) is 1. The number of nitrogens with one attached hydrogen (secondary N) is 1. The van der Waals surface area contributed by atoms with Crippen LogP contribution in [0.3, 0.4) is 0 Å². The first-order valence-electron chi connectivity index (χ1n) is 6.93. The largest absolute Gasteiger partial charge is 0.504 e. The van der Waals surface area contributed by atoms with E-state index in [9.17, 15) is 9.90 Å². The quantitative estimate of drug-likeness (QED) is 0.889. The van der Waals surface area contributed by atoms with Crippen LogP contribution in [0.15, 0.2) is 18.2 Å². The average Bonchev–Trinajstić information content (AvgIpc) is 2.47. The van der Waals surface area contributed by atoms with E-state index in [1.165, 1.54) is 7.11 Å². The Balaban J connectivity index is 0.00000220. The number of aromatic hydroxyl groups is 1. The fourth-order valence-corrected chi connectivity index (χ4v) is 2.56. The summed E-state index contributed by atoms with van der Waals surface area (Å²) in [4.78, 5) is 14.0. The van der Waals surface area contributed by atoms with Gasteiger partial charge in [-0.1, -0.05) is 6.07 Å². The van der Waals surface area contributed by atoms with Crippen molar-refractivity contribution in [2.75, 3.05) is 27.2 Å². The summed E-state index contributed by atoms with van der Waals surface area (Å²) >= 11 is 0. The van der Waals surface area contributed by atoms with E-state index in [0.29, 0.717) is 12.3 Å². The van der Waals surface area contributed by atoms with Gasteiger partial charge >= 0.3 is 0 Å². The fourth-order valence-electron chi connectivity index (χ4n) is 2.56. The number of halogens is 1. The molecule has 1 aliphatic heterocycles. The van der Waals surface area contributed by atoms with Crippen molar-refractivity contribution < 1.29 is 14.6 Å². The number of carbonyl (C=O) groups excluding carboxylic acids is 1. The van der Waals surface area contributed by atoms with Gasteiger partial charge in [-0.3, -0.25) is 4.79 Å². The maximum atomic E-state index is 12.3. The third kappa shape index (κ3) is 4.51. The Morgan fingerprint density at radius 3 is 2.86 bits per heavy atom. The van der Waals surface area contributed by atoms with Crippen LogP contribution in [-0.2, 0) is 11.3 Å². The Morgan fingerprint density at radius 1 is 1.52 bits per heavy atom. The molecule has 1 amide bonds. The van der Waals surface area contributed by atoms with Crippen molar-refractivity contribution in [3.05, 3.63) is 23.8 Å².